The second-order valence-corrected chi connectivity index (χ2v) is 8.48. The van der Waals surface area contributed by atoms with Crippen LogP contribution < -0.4 is 20.9 Å². The number of aromatic nitrogens is 1. The predicted molar refractivity (Wildman–Crippen MR) is 131 cm³/mol. The van der Waals surface area contributed by atoms with Crippen molar-refractivity contribution in [2.45, 2.75) is 19.1 Å². The quantitative estimate of drug-likeness (QED) is 0.488. The van der Waals surface area contributed by atoms with E-state index in [9.17, 15) is 22.8 Å². The molecule has 0 aliphatic carbocycles. The first-order valence-electron chi connectivity index (χ1n) is 11.5. The van der Waals surface area contributed by atoms with Crippen molar-refractivity contribution in [3.63, 3.8) is 0 Å². The molecule has 3 aromatic rings. The number of amides is 2. The summed E-state index contributed by atoms with van der Waals surface area (Å²) in [6, 6.07) is 13.9. The lowest BCUT2D eigenvalue weighted by Gasteiger charge is -2.34. The molecule has 0 atom stereocenters. The van der Waals surface area contributed by atoms with E-state index in [1.807, 2.05) is 4.90 Å². The summed E-state index contributed by atoms with van der Waals surface area (Å²) in [5.74, 6) is -1.74. The normalized spacial score (nSPS) is 13.9. The topological polar surface area (TPSA) is 91.6 Å². The van der Waals surface area contributed by atoms with Crippen molar-refractivity contribution in [1.29, 1.82) is 0 Å². The summed E-state index contributed by atoms with van der Waals surface area (Å²) in [7, 11) is 0. The summed E-state index contributed by atoms with van der Waals surface area (Å²) in [6.07, 6.45) is -1.04. The number of nitrogens with two attached hydrogens (primary N) is 1. The van der Waals surface area contributed by atoms with E-state index in [0.717, 1.165) is 5.56 Å². The van der Waals surface area contributed by atoms with E-state index in [4.69, 9.17) is 5.73 Å². The third-order valence-electron chi connectivity index (χ3n) is 5.99. The van der Waals surface area contributed by atoms with Gasteiger partial charge in [0.2, 0.25) is 5.91 Å². The molecule has 7 nitrogen and oxygen atoms in total. The monoisotopic (exact) mass is 497 g/mol. The number of carbonyl (C=O) groups is 2. The van der Waals surface area contributed by atoms with Crippen molar-refractivity contribution in [2.24, 2.45) is 5.73 Å². The molecule has 0 radical (unpaired) electrons. The lowest BCUT2D eigenvalue weighted by atomic mass is 10.0. The Morgan fingerprint density at radius 1 is 0.944 bits per heavy atom. The van der Waals surface area contributed by atoms with Crippen LogP contribution in [0, 0.1) is 0 Å². The number of anilines is 2. The molecular weight excluding hydrogens is 471 g/mol. The zero-order valence-corrected chi connectivity index (χ0v) is 19.5. The number of primary amides is 1. The standard InChI is InChI=1S/C26H26F3N5O2/c27-26(28,29)34(23-7-2-1-6-22(23)33-12-10-31-11-13-33)25(36)20-5-3-4-18(14-20)8-9-19-15-21(24(30)35)17-32-16-19/h1-7,14-17,31H,8-13H2,(H2,30,35). The predicted octanol–water partition coefficient (Wildman–Crippen LogP) is 3.54. The van der Waals surface area contributed by atoms with Crippen molar-refractivity contribution >= 4 is 23.2 Å². The summed E-state index contributed by atoms with van der Waals surface area (Å²) in [5.41, 5.74) is 7.11. The third-order valence-corrected chi connectivity index (χ3v) is 5.99. The molecule has 2 heterocycles. The second-order valence-electron chi connectivity index (χ2n) is 8.48. The van der Waals surface area contributed by atoms with Gasteiger partial charge in [0.15, 0.2) is 0 Å². The number of benzene rings is 2. The molecule has 0 spiro atoms. The Hall–Kier alpha value is -3.92. The molecule has 10 heteroatoms. The minimum absolute atomic E-state index is 0.0658. The van der Waals surface area contributed by atoms with Gasteiger partial charge in [-0.2, -0.15) is 0 Å². The maximum absolute atomic E-state index is 14.3. The molecule has 36 heavy (non-hydrogen) atoms. The molecule has 1 fully saturated rings. The molecule has 1 aliphatic rings. The van der Waals surface area contributed by atoms with E-state index in [2.05, 4.69) is 10.3 Å². The summed E-state index contributed by atoms with van der Waals surface area (Å²) >= 11 is 0. The molecule has 2 aromatic carbocycles. The molecule has 1 saturated heterocycles. The summed E-state index contributed by atoms with van der Waals surface area (Å²) in [5, 5.41) is 3.18. The molecule has 3 N–H and O–H groups in total. The Bertz CT molecular complexity index is 1240. The summed E-state index contributed by atoms with van der Waals surface area (Å²) in [4.78, 5) is 30.4. The fourth-order valence-electron chi connectivity index (χ4n) is 4.22. The number of hydrogen-bond acceptors (Lipinski definition) is 5. The number of nitrogens with zero attached hydrogens (tertiary/aromatic N) is 3. The first-order valence-corrected chi connectivity index (χ1v) is 11.5. The number of aryl methyl sites for hydroxylation is 2. The van der Waals surface area contributed by atoms with Crippen LogP contribution in [0.1, 0.15) is 31.8 Å². The SMILES string of the molecule is NC(=O)c1cncc(CCc2cccc(C(=O)N(c3ccccc3N3CCNCC3)C(F)(F)F)c2)c1. The van der Waals surface area contributed by atoms with Gasteiger partial charge in [0.1, 0.15) is 0 Å². The van der Waals surface area contributed by atoms with Gasteiger partial charge in [-0.3, -0.25) is 14.6 Å². The summed E-state index contributed by atoms with van der Waals surface area (Å²) < 4.78 is 42.9. The molecule has 2 amide bonds. The number of hydrogen-bond donors (Lipinski definition) is 2. The Kier molecular flexibility index (Phi) is 7.54. The maximum Gasteiger partial charge on any atom is 0.491 e. The van der Waals surface area contributed by atoms with E-state index in [1.54, 1.807) is 36.5 Å². The first kappa shape index (κ1) is 25.2. The molecule has 1 aromatic heterocycles. The summed E-state index contributed by atoms with van der Waals surface area (Å²) in [6.45, 7) is 2.37. The Balaban J connectivity index is 1.60. The van der Waals surface area contributed by atoms with Crippen molar-refractivity contribution in [1.82, 2.24) is 10.3 Å². The average Bonchev–Trinajstić information content (AvgIpc) is 2.88. The van der Waals surface area contributed by atoms with Gasteiger partial charge in [-0.15, -0.1) is 13.2 Å². The molecule has 1 aliphatic heterocycles. The van der Waals surface area contributed by atoms with E-state index >= 15 is 0 Å². The van der Waals surface area contributed by atoms with E-state index in [1.165, 1.54) is 30.5 Å². The number of alkyl halides is 3. The lowest BCUT2D eigenvalue weighted by molar-refractivity contribution is -0.122. The fourth-order valence-corrected chi connectivity index (χ4v) is 4.22. The minimum atomic E-state index is -4.92. The van der Waals surface area contributed by atoms with Gasteiger partial charge in [0.25, 0.3) is 5.91 Å². The third kappa shape index (κ3) is 5.83. The Morgan fingerprint density at radius 3 is 2.36 bits per heavy atom. The van der Waals surface area contributed by atoms with Gasteiger partial charge in [-0.05, 0) is 54.3 Å². The second kappa shape index (κ2) is 10.8. The number of piperazine rings is 1. The van der Waals surface area contributed by atoms with Crippen LogP contribution in [-0.4, -0.2) is 49.3 Å². The molecular formula is C26H26F3N5O2. The van der Waals surface area contributed by atoms with Crippen molar-refractivity contribution < 1.29 is 22.8 Å². The number of para-hydroxylation sites is 2. The molecule has 0 unspecified atom stereocenters. The van der Waals surface area contributed by atoms with Crippen LogP contribution in [0.15, 0.2) is 67.0 Å². The van der Waals surface area contributed by atoms with Crippen LogP contribution in [0.3, 0.4) is 0 Å². The fraction of sp³-hybridized carbons (Fsp3) is 0.269. The minimum Gasteiger partial charge on any atom is -0.367 e. The largest absolute Gasteiger partial charge is 0.491 e. The maximum atomic E-state index is 14.3. The number of pyridine rings is 1. The van der Waals surface area contributed by atoms with Crippen molar-refractivity contribution in [3.8, 4) is 0 Å². The van der Waals surface area contributed by atoms with Gasteiger partial charge in [-0.1, -0.05) is 24.3 Å². The van der Waals surface area contributed by atoms with Gasteiger partial charge < -0.3 is 16.0 Å². The van der Waals surface area contributed by atoms with Gasteiger partial charge in [-0.25, -0.2) is 4.90 Å². The van der Waals surface area contributed by atoms with E-state index in [0.29, 0.717) is 50.3 Å². The van der Waals surface area contributed by atoms with Crippen LogP contribution in [0.4, 0.5) is 24.5 Å². The van der Waals surface area contributed by atoms with Crippen LogP contribution in [0.25, 0.3) is 0 Å². The zero-order chi connectivity index (χ0) is 25.7. The van der Waals surface area contributed by atoms with Crippen LogP contribution in [-0.2, 0) is 12.8 Å². The Morgan fingerprint density at radius 2 is 1.64 bits per heavy atom. The van der Waals surface area contributed by atoms with Gasteiger partial charge in [0, 0.05) is 44.1 Å². The zero-order valence-electron chi connectivity index (χ0n) is 19.5. The highest BCUT2D eigenvalue weighted by Gasteiger charge is 2.44. The highest BCUT2D eigenvalue weighted by Crippen LogP contribution is 2.37. The lowest BCUT2D eigenvalue weighted by Crippen LogP contribution is -2.47. The highest BCUT2D eigenvalue weighted by molar-refractivity contribution is 6.08. The number of carbonyl (C=O) groups excluding carboxylic acids is 2. The van der Waals surface area contributed by atoms with E-state index < -0.39 is 18.1 Å². The molecule has 0 bridgehead atoms. The molecule has 4 rings (SSSR count). The van der Waals surface area contributed by atoms with E-state index in [-0.39, 0.29) is 21.7 Å². The Labute approximate surface area is 206 Å². The van der Waals surface area contributed by atoms with Crippen molar-refractivity contribution in [3.05, 3.63) is 89.2 Å². The van der Waals surface area contributed by atoms with Gasteiger partial charge >= 0.3 is 6.30 Å². The van der Waals surface area contributed by atoms with Crippen LogP contribution >= 0.6 is 0 Å². The van der Waals surface area contributed by atoms with Crippen LogP contribution in [0.2, 0.25) is 0 Å². The number of halogens is 3. The van der Waals surface area contributed by atoms with Crippen LogP contribution in [0.5, 0.6) is 0 Å². The molecule has 0 saturated carbocycles. The number of nitrogens with one attached hydrogen (secondary N) is 1. The van der Waals surface area contributed by atoms with Gasteiger partial charge in [0.05, 0.1) is 16.9 Å². The van der Waals surface area contributed by atoms with Crippen molar-refractivity contribution in [2.75, 3.05) is 36.0 Å². The first-order chi connectivity index (χ1) is 17.2. The smallest absolute Gasteiger partial charge is 0.367 e. The highest BCUT2D eigenvalue weighted by atomic mass is 19.4. The number of rotatable bonds is 7. The molecule has 188 valence electrons. The average molecular weight is 498 g/mol.